The summed E-state index contributed by atoms with van der Waals surface area (Å²) in [6.07, 6.45) is 0.572. The van der Waals surface area contributed by atoms with Crippen LogP contribution in [0.3, 0.4) is 0 Å². The van der Waals surface area contributed by atoms with E-state index in [0.29, 0.717) is 5.56 Å². The Labute approximate surface area is 255 Å². The van der Waals surface area contributed by atoms with Gasteiger partial charge in [-0.15, -0.1) is 0 Å². The van der Waals surface area contributed by atoms with E-state index >= 15 is 0 Å². The van der Waals surface area contributed by atoms with Gasteiger partial charge in [0.2, 0.25) is 11.8 Å². The lowest BCUT2D eigenvalue weighted by Crippen LogP contribution is -2.59. The van der Waals surface area contributed by atoms with Crippen molar-refractivity contribution in [1.29, 1.82) is 0 Å². The minimum absolute atomic E-state index is 0.00273. The van der Waals surface area contributed by atoms with Gasteiger partial charge in [-0.2, -0.15) is 0 Å². The molecule has 1 aromatic rings. The quantitative estimate of drug-likeness (QED) is 0.0466. The second-order valence-electron chi connectivity index (χ2n) is 10.3. The molecule has 0 aliphatic heterocycles. The number of guanidine groups is 2. The average Bonchev–Trinajstić information content (AvgIpc) is 2.94. The summed E-state index contributed by atoms with van der Waals surface area (Å²) in [6, 6.07) is 2.78. The molecule has 14 N–H and O–H groups in total. The molecule has 0 radical (unpaired) electrons. The Kier molecular flexibility index (Phi) is 16.1. The van der Waals surface area contributed by atoms with Crippen molar-refractivity contribution in [2.75, 3.05) is 13.1 Å². The van der Waals surface area contributed by atoms with Crippen LogP contribution in [0.2, 0.25) is 0 Å². The normalized spacial score (nSPS) is 13.3. The van der Waals surface area contributed by atoms with Gasteiger partial charge in [0.25, 0.3) is 0 Å². The van der Waals surface area contributed by atoms with Crippen LogP contribution in [-0.4, -0.2) is 89.2 Å². The number of hydrogen-bond acceptors (Lipinski definition) is 7. The summed E-state index contributed by atoms with van der Waals surface area (Å²) in [5.74, 6) is -4.85. The Balaban J connectivity index is 3.02. The first-order chi connectivity index (χ1) is 20.7. The van der Waals surface area contributed by atoms with E-state index in [0.717, 1.165) is 0 Å². The van der Waals surface area contributed by atoms with Crippen molar-refractivity contribution in [3.05, 3.63) is 35.9 Å². The number of carboxylic acids is 2. The lowest BCUT2D eigenvalue weighted by Gasteiger charge is -2.27. The number of hydrogen-bond donors (Lipinski definition) is 10. The van der Waals surface area contributed by atoms with Crippen molar-refractivity contribution < 1.29 is 34.2 Å². The summed E-state index contributed by atoms with van der Waals surface area (Å²) < 4.78 is 0. The van der Waals surface area contributed by atoms with E-state index in [4.69, 9.17) is 22.9 Å². The number of nitrogens with zero attached hydrogens (tertiary/aromatic N) is 2. The van der Waals surface area contributed by atoms with E-state index in [1.165, 1.54) is 0 Å². The first-order valence-electron chi connectivity index (χ1n) is 14.0. The highest BCUT2D eigenvalue weighted by molar-refractivity contribution is 5.93. The van der Waals surface area contributed by atoms with Gasteiger partial charge in [-0.05, 0) is 37.2 Å². The zero-order valence-electron chi connectivity index (χ0n) is 24.9. The number of nitrogens with one attached hydrogen (secondary N) is 4. The molecule has 0 heterocycles. The number of rotatable bonds is 19. The van der Waals surface area contributed by atoms with Crippen LogP contribution >= 0.6 is 0 Å². The van der Waals surface area contributed by atoms with Gasteiger partial charge in [0.15, 0.2) is 11.9 Å². The van der Waals surface area contributed by atoms with Crippen molar-refractivity contribution in [1.82, 2.24) is 21.3 Å². The van der Waals surface area contributed by atoms with Gasteiger partial charge in [-0.25, -0.2) is 14.4 Å². The Bertz CT molecular complexity index is 1170. The highest BCUT2D eigenvalue weighted by atomic mass is 16.4. The van der Waals surface area contributed by atoms with Crippen LogP contribution in [-0.2, 0) is 25.6 Å². The molecule has 0 aliphatic carbocycles. The van der Waals surface area contributed by atoms with E-state index < -0.39 is 59.9 Å². The largest absolute Gasteiger partial charge is 0.480 e. The lowest BCUT2D eigenvalue weighted by molar-refractivity contribution is -0.142. The van der Waals surface area contributed by atoms with Crippen molar-refractivity contribution >= 4 is 41.7 Å². The zero-order valence-corrected chi connectivity index (χ0v) is 24.9. The fourth-order valence-corrected chi connectivity index (χ4v) is 3.99. The second-order valence-corrected chi connectivity index (χ2v) is 10.3. The van der Waals surface area contributed by atoms with Crippen molar-refractivity contribution in [2.45, 2.75) is 70.1 Å². The van der Waals surface area contributed by atoms with Gasteiger partial charge in [0, 0.05) is 19.5 Å². The zero-order chi connectivity index (χ0) is 33.2. The number of benzene rings is 1. The Morgan fingerprint density at radius 1 is 0.705 bits per heavy atom. The highest BCUT2D eigenvalue weighted by Crippen LogP contribution is 2.08. The van der Waals surface area contributed by atoms with E-state index in [9.17, 15) is 34.2 Å². The minimum Gasteiger partial charge on any atom is -0.480 e. The van der Waals surface area contributed by atoms with Gasteiger partial charge >= 0.3 is 18.0 Å². The lowest BCUT2D eigenvalue weighted by atomic mass is 10.0. The number of amides is 4. The van der Waals surface area contributed by atoms with Crippen LogP contribution in [0.15, 0.2) is 40.3 Å². The predicted molar refractivity (Wildman–Crippen MR) is 163 cm³/mol. The topological polar surface area (TPSA) is 303 Å². The third-order valence-corrected chi connectivity index (χ3v) is 6.26. The molecule has 0 spiro atoms. The number of carbonyl (C=O) groups is 5. The molecule has 244 valence electrons. The summed E-state index contributed by atoms with van der Waals surface area (Å²) >= 11 is 0. The van der Waals surface area contributed by atoms with Gasteiger partial charge in [-0.3, -0.25) is 19.6 Å². The Morgan fingerprint density at radius 2 is 1.20 bits per heavy atom. The van der Waals surface area contributed by atoms with Crippen molar-refractivity contribution in [3.8, 4) is 0 Å². The molecular formula is C27H44N10O7. The molecule has 0 fully saturated rings. The fourth-order valence-electron chi connectivity index (χ4n) is 3.99. The number of nitrogens with two attached hydrogens (primary N) is 4. The van der Waals surface area contributed by atoms with E-state index in [1.807, 2.05) is 0 Å². The van der Waals surface area contributed by atoms with E-state index in [-0.39, 0.29) is 57.1 Å². The molecule has 0 saturated heterocycles. The summed E-state index contributed by atoms with van der Waals surface area (Å²) in [7, 11) is 0. The van der Waals surface area contributed by atoms with E-state index in [2.05, 4.69) is 31.3 Å². The molecule has 17 nitrogen and oxygen atoms in total. The summed E-state index contributed by atoms with van der Waals surface area (Å²) in [5.41, 5.74) is 21.9. The maximum absolute atomic E-state index is 13.3. The third kappa shape index (κ3) is 14.7. The predicted octanol–water partition coefficient (Wildman–Crippen LogP) is -1.83. The summed E-state index contributed by atoms with van der Waals surface area (Å²) in [6.45, 7) is 3.59. The van der Waals surface area contributed by atoms with Crippen LogP contribution in [0, 0.1) is 5.92 Å². The molecule has 0 saturated carbocycles. The minimum atomic E-state index is -1.29. The van der Waals surface area contributed by atoms with Gasteiger partial charge in [0.1, 0.15) is 24.2 Å². The van der Waals surface area contributed by atoms with Crippen LogP contribution in [0.5, 0.6) is 0 Å². The number of carbonyl (C=O) groups excluding carboxylic acids is 3. The number of aliphatic carboxylic acids is 2. The average molecular weight is 621 g/mol. The number of carboxylic acid groups (broad SMARTS) is 2. The van der Waals surface area contributed by atoms with Crippen LogP contribution < -0.4 is 44.2 Å². The SMILES string of the molecule is CC(C)[C@H](NC(=O)[C@H](CCCN=C(N)N)NC(=O)NC(Cc1ccccc1)C(=O)O)C(=O)NC(CCCN=C(N)N)C(=O)O. The van der Waals surface area contributed by atoms with Crippen LogP contribution in [0.4, 0.5) is 4.79 Å². The molecule has 17 heteroatoms. The Morgan fingerprint density at radius 3 is 1.68 bits per heavy atom. The van der Waals surface area contributed by atoms with Gasteiger partial charge in [-0.1, -0.05) is 44.2 Å². The van der Waals surface area contributed by atoms with Gasteiger partial charge in [0.05, 0.1) is 0 Å². The number of urea groups is 1. The molecule has 0 bridgehead atoms. The molecule has 0 aliphatic rings. The maximum Gasteiger partial charge on any atom is 0.326 e. The van der Waals surface area contributed by atoms with E-state index in [1.54, 1.807) is 44.2 Å². The standard InChI is InChI=1S/C27H44N10O7/c1-15(2)20(22(39)34-18(23(40)41)11-7-13-33-26(30)31)37-21(38)17(10-6-12-32-25(28)29)35-27(44)36-19(24(42)43)14-16-8-4-3-5-9-16/h3-5,8-9,15,17-20H,6-7,10-14H2,1-2H3,(H,34,39)(H,37,38)(H,40,41)(H,42,43)(H4,28,29,32)(H4,30,31,33)(H2,35,36,44)/t17-,18?,19?,20-/m0/s1. The Hall–Kier alpha value is -5.09. The summed E-state index contributed by atoms with van der Waals surface area (Å²) in [5, 5.41) is 29.0. The molecule has 4 atom stereocenters. The molecule has 44 heavy (non-hydrogen) atoms. The van der Waals surface area contributed by atoms with Crippen LogP contribution in [0.25, 0.3) is 0 Å². The second kappa shape index (κ2) is 19.2. The maximum atomic E-state index is 13.3. The highest BCUT2D eigenvalue weighted by Gasteiger charge is 2.31. The fraction of sp³-hybridized carbons (Fsp3) is 0.519. The third-order valence-electron chi connectivity index (χ3n) is 6.26. The van der Waals surface area contributed by atoms with Crippen molar-refractivity contribution in [3.63, 3.8) is 0 Å². The molecule has 4 amide bonds. The molecule has 1 rings (SSSR count). The van der Waals surface area contributed by atoms with Gasteiger partial charge < -0.3 is 54.4 Å². The monoisotopic (exact) mass is 620 g/mol. The molecule has 2 unspecified atom stereocenters. The van der Waals surface area contributed by atoms with Crippen LogP contribution in [0.1, 0.15) is 45.1 Å². The molecule has 0 aromatic heterocycles. The summed E-state index contributed by atoms with van der Waals surface area (Å²) in [4.78, 5) is 70.5. The molecule has 1 aromatic carbocycles. The smallest absolute Gasteiger partial charge is 0.326 e. The first-order valence-corrected chi connectivity index (χ1v) is 14.0. The van der Waals surface area contributed by atoms with Crippen molar-refractivity contribution in [2.24, 2.45) is 38.8 Å². The number of aliphatic imine (C=N–C) groups is 2. The first kappa shape index (κ1) is 36.9. The molecular weight excluding hydrogens is 576 g/mol.